The molecule has 1 aromatic carbocycles. The highest BCUT2D eigenvalue weighted by atomic mass is 16.7. The van der Waals surface area contributed by atoms with Crippen molar-refractivity contribution in [1.82, 2.24) is 4.90 Å². The molecule has 0 fully saturated rings. The molecule has 0 bridgehead atoms. The van der Waals surface area contributed by atoms with E-state index in [-0.39, 0.29) is 13.3 Å². The number of aliphatic carboxylic acids is 1. The van der Waals surface area contributed by atoms with Crippen molar-refractivity contribution in [1.29, 1.82) is 0 Å². The van der Waals surface area contributed by atoms with E-state index in [2.05, 4.69) is 0 Å². The number of amides is 1. The molecule has 90 valence electrons. The standard InChI is InChI=1S/C11H11NO5/c1-12(5-9(13)14)11(15)7-3-2-4-8-10(7)17-6-16-8/h2-4H,5-6H2,1H3,(H,13,14). The molecular weight excluding hydrogens is 226 g/mol. The lowest BCUT2D eigenvalue weighted by Crippen LogP contribution is -2.32. The number of carboxylic acid groups (broad SMARTS) is 1. The van der Waals surface area contributed by atoms with Crippen LogP contribution in [0.15, 0.2) is 18.2 Å². The Morgan fingerprint density at radius 3 is 2.88 bits per heavy atom. The summed E-state index contributed by atoms with van der Waals surface area (Å²) in [5, 5.41) is 8.62. The fourth-order valence-corrected chi connectivity index (χ4v) is 1.58. The lowest BCUT2D eigenvalue weighted by molar-refractivity contribution is -0.137. The number of carboxylic acids is 1. The smallest absolute Gasteiger partial charge is 0.323 e. The van der Waals surface area contributed by atoms with E-state index in [1.807, 2.05) is 0 Å². The zero-order chi connectivity index (χ0) is 12.4. The molecular formula is C11H11NO5. The molecule has 1 aromatic rings. The van der Waals surface area contributed by atoms with Crippen LogP contribution in [0.4, 0.5) is 0 Å². The fourth-order valence-electron chi connectivity index (χ4n) is 1.58. The number of likely N-dealkylation sites (N-methyl/N-ethyl adjacent to an activating group) is 1. The third-order valence-electron chi connectivity index (χ3n) is 2.35. The molecule has 0 radical (unpaired) electrons. The van der Waals surface area contributed by atoms with Crippen molar-refractivity contribution in [2.45, 2.75) is 0 Å². The molecule has 6 heteroatoms. The highest BCUT2D eigenvalue weighted by molar-refractivity contribution is 5.99. The summed E-state index contributed by atoms with van der Waals surface area (Å²) in [7, 11) is 1.42. The van der Waals surface area contributed by atoms with Crippen LogP contribution in [0.3, 0.4) is 0 Å². The van der Waals surface area contributed by atoms with Crippen molar-refractivity contribution in [2.24, 2.45) is 0 Å². The summed E-state index contributed by atoms with van der Waals surface area (Å²) in [6.07, 6.45) is 0. The number of rotatable bonds is 3. The van der Waals surface area contributed by atoms with Gasteiger partial charge in [0, 0.05) is 7.05 Å². The maximum Gasteiger partial charge on any atom is 0.323 e. The van der Waals surface area contributed by atoms with E-state index >= 15 is 0 Å². The quantitative estimate of drug-likeness (QED) is 0.831. The van der Waals surface area contributed by atoms with Gasteiger partial charge in [0.1, 0.15) is 6.54 Å². The van der Waals surface area contributed by atoms with Gasteiger partial charge in [0.15, 0.2) is 11.5 Å². The second kappa shape index (κ2) is 4.32. The molecule has 6 nitrogen and oxygen atoms in total. The first-order chi connectivity index (χ1) is 8.09. The van der Waals surface area contributed by atoms with Crippen molar-refractivity contribution in [2.75, 3.05) is 20.4 Å². The van der Waals surface area contributed by atoms with Crippen LogP contribution in [0.5, 0.6) is 11.5 Å². The van der Waals surface area contributed by atoms with Crippen LogP contribution < -0.4 is 9.47 Å². The van der Waals surface area contributed by atoms with Gasteiger partial charge in [-0.05, 0) is 12.1 Å². The largest absolute Gasteiger partial charge is 0.480 e. The minimum atomic E-state index is -1.06. The summed E-state index contributed by atoms with van der Waals surface area (Å²) < 4.78 is 10.3. The van der Waals surface area contributed by atoms with Gasteiger partial charge in [-0.2, -0.15) is 0 Å². The zero-order valence-corrected chi connectivity index (χ0v) is 9.17. The van der Waals surface area contributed by atoms with Crippen LogP contribution in [-0.2, 0) is 4.79 Å². The molecule has 0 unspecified atom stereocenters. The third-order valence-corrected chi connectivity index (χ3v) is 2.35. The van der Waals surface area contributed by atoms with E-state index in [1.165, 1.54) is 7.05 Å². The van der Waals surface area contributed by atoms with Crippen LogP contribution in [0.1, 0.15) is 10.4 Å². The number of nitrogens with zero attached hydrogens (tertiary/aromatic N) is 1. The molecule has 0 saturated heterocycles. The average molecular weight is 237 g/mol. The van der Waals surface area contributed by atoms with E-state index in [1.54, 1.807) is 18.2 Å². The Morgan fingerprint density at radius 1 is 1.41 bits per heavy atom. The Labute approximate surface area is 97.4 Å². The minimum absolute atomic E-state index is 0.0717. The molecule has 1 heterocycles. The van der Waals surface area contributed by atoms with Gasteiger partial charge in [-0.1, -0.05) is 6.07 Å². The first-order valence-electron chi connectivity index (χ1n) is 4.95. The molecule has 0 aromatic heterocycles. The van der Waals surface area contributed by atoms with Gasteiger partial charge in [-0.15, -0.1) is 0 Å². The van der Waals surface area contributed by atoms with Crippen LogP contribution in [0, 0.1) is 0 Å². The number of para-hydroxylation sites is 1. The second-order valence-corrected chi connectivity index (χ2v) is 3.59. The zero-order valence-electron chi connectivity index (χ0n) is 9.17. The molecule has 17 heavy (non-hydrogen) atoms. The highest BCUT2D eigenvalue weighted by Gasteiger charge is 2.24. The second-order valence-electron chi connectivity index (χ2n) is 3.59. The number of fused-ring (bicyclic) bond motifs is 1. The minimum Gasteiger partial charge on any atom is -0.480 e. The van der Waals surface area contributed by atoms with E-state index < -0.39 is 11.9 Å². The lowest BCUT2D eigenvalue weighted by Gasteiger charge is -2.15. The molecule has 0 atom stereocenters. The molecule has 0 saturated carbocycles. The topological polar surface area (TPSA) is 76.1 Å². The summed E-state index contributed by atoms with van der Waals surface area (Å²) in [5.74, 6) is -0.602. The number of hydrogen-bond acceptors (Lipinski definition) is 4. The molecule has 0 spiro atoms. The molecule has 2 rings (SSSR count). The molecule has 0 aliphatic carbocycles. The Morgan fingerprint density at radius 2 is 2.18 bits per heavy atom. The summed E-state index contributed by atoms with van der Waals surface area (Å²) >= 11 is 0. The van der Waals surface area contributed by atoms with Crippen LogP contribution in [-0.4, -0.2) is 42.3 Å². The number of carbonyl (C=O) groups excluding carboxylic acids is 1. The van der Waals surface area contributed by atoms with Gasteiger partial charge < -0.3 is 19.5 Å². The number of ether oxygens (including phenoxy) is 2. The normalized spacial score (nSPS) is 12.3. The van der Waals surface area contributed by atoms with Crippen LogP contribution in [0.25, 0.3) is 0 Å². The first kappa shape index (κ1) is 11.3. The average Bonchev–Trinajstić information content (AvgIpc) is 2.74. The highest BCUT2D eigenvalue weighted by Crippen LogP contribution is 2.35. The summed E-state index contributed by atoms with van der Waals surface area (Å²) in [6, 6.07) is 4.93. The Bertz CT molecular complexity index is 471. The fraction of sp³-hybridized carbons (Fsp3) is 0.273. The predicted molar refractivity (Wildman–Crippen MR) is 57.2 cm³/mol. The van der Waals surface area contributed by atoms with Gasteiger partial charge in [-0.3, -0.25) is 9.59 Å². The Hall–Kier alpha value is -2.24. The maximum absolute atomic E-state index is 12.0. The Kier molecular flexibility index (Phi) is 2.86. The van der Waals surface area contributed by atoms with E-state index in [0.29, 0.717) is 17.1 Å². The number of benzene rings is 1. The molecule has 1 N–H and O–H groups in total. The van der Waals surface area contributed by atoms with Crippen molar-refractivity contribution in [3.63, 3.8) is 0 Å². The number of hydrogen-bond donors (Lipinski definition) is 1. The monoisotopic (exact) mass is 237 g/mol. The van der Waals surface area contributed by atoms with Gasteiger partial charge >= 0.3 is 5.97 Å². The number of carbonyl (C=O) groups is 2. The maximum atomic E-state index is 12.0. The van der Waals surface area contributed by atoms with Crippen molar-refractivity contribution < 1.29 is 24.2 Å². The van der Waals surface area contributed by atoms with Crippen molar-refractivity contribution in [3.8, 4) is 11.5 Å². The summed E-state index contributed by atoms with van der Waals surface area (Å²) in [5.41, 5.74) is 0.309. The molecule has 1 aliphatic heterocycles. The van der Waals surface area contributed by atoms with Crippen molar-refractivity contribution >= 4 is 11.9 Å². The Balaban J connectivity index is 2.26. The molecule has 1 aliphatic rings. The lowest BCUT2D eigenvalue weighted by atomic mass is 10.1. The SMILES string of the molecule is CN(CC(=O)O)C(=O)c1cccc2c1OCO2. The van der Waals surface area contributed by atoms with Gasteiger partial charge in [0.2, 0.25) is 6.79 Å². The van der Waals surface area contributed by atoms with E-state index in [4.69, 9.17) is 14.6 Å². The predicted octanol–water partition coefficient (Wildman–Crippen LogP) is 0.572. The van der Waals surface area contributed by atoms with Gasteiger partial charge in [0.05, 0.1) is 5.56 Å². The van der Waals surface area contributed by atoms with Crippen LogP contribution in [0.2, 0.25) is 0 Å². The van der Waals surface area contributed by atoms with Crippen LogP contribution >= 0.6 is 0 Å². The van der Waals surface area contributed by atoms with Gasteiger partial charge in [0.25, 0.3) is 5.91 Å². The van der Waals surface area contributed by atoms with Gasteiger partial charge in [-0.25, -0.2) is 0 Å². The third kappa shape index (κ3) is 2.15. The molecule has 1 amide bonds. The van der Waals surface area contributed by atoms with Crippen molar-refractivity contribution in [3.05, 3.63) is 23.8 Å². The summed E-state index contributed by atoms with van der Waals surface area (Å²) in [6.45, 7) is -0.286. The van der Waals surface area contributed by atoms with E-state index in [9.17, 15) is 9.59 Å². The van der Waals surface area contributed by atoms with E-state index in [0.717, 1.165) is 4.90 Å². The first-order valence-corrected chi connectivity index (χ1v) is 4.95. The summed E-state index contributed by atoms with van der Waals surface area (Å²) in [4.78, 5) is 23.6.